The molecule has 368 valence electrons. The number of unbranched alkanes of at least 4 members (excludes halogenated alkanes) is 17. The standard InChI is InChI=1S/C59H96O6/c1-4-7-10-13-16-19-22-25-27-29-30-31-33-34-37-40-43-46-49-52-58(61)64-55-56(54-63-57(60)51-48-45-42-39-36-24-21-18-15-12-9-6-3)65-59(62)53-50-47-44-41-38-35-32-28-26-23-20-17-14-11-8-5-2/h7,9-10,12,16,18-19,21,25,27-28,30-32,34,36-37,39,56H,4-6,8,11,13-15,17,20,22-24,26,29,33,35,38,40-55H2,1-3H3/b10-7-,12-9-,19-16-,21-18-,27-25-,31-30-,32-28-,37-34-,39-36-. The van der Waals surface area contributed by atoms with Crippen molar-refractivity contribution in [1.82, 2.24) is 0 Å². The first-order valence-electron chi connectivity index (χ1n) is 26.4. The maximum Gasteiger partial charge on any atom is 0.306 e. The third kappa shape index (κ3) is 50.9. The van der Waals surface area contributed by atoms with Crippen LogP contribution >= 0.6 is 0 Å². The third-order valence-corrected chi connectivity index (χ3v) is 10.7. The van der Waals surface area contributed by atoms with Crippen LogP contribution in [0.5, 0.6) is 0 Å². The SMILES string of the molecule is CC/C=C\C/C=C\C/C=C\C/C=C\C/C=C\CCCCCC(=O)OCC(COC(=O)CCCC/C=C\C/C=C\C/C=C\CC)OC(=O)CCCCCCC/C=C\CCCCCCCCC. The van der Waals surface area contributed by atoms with Crippen LogP contribution in [0.2, 0.25) is 0 Å². The zero-order valence-corrected chi connectivity index (χ0v) is 42.0. The van der Waals surface area contributed by atoms with E-state index in [0.29, 0.717) is 19.3 Å². The zero-order valence-electron chi connectivity index (χ0n) is 42.0. The molecular formula is C59H96O6. The lowest BCUT2D eigenvalue weighted by Crippen LogP contribution is -2.30. The van der Waals surface area contributed by atoms with E-state index in [2.05, 4.69) is 130 Å². The van der Waals surface area contributed by atoms with E-state index in [4.69, 9.17) is 14.2 Å². The topological polar surface area (TPSA) is 78.9 Å². The van der Waals surface area contributed by atoms with E-state index in [9.17, 15) is 14.4 Å². The summed E-state index contributed by atoms with van der Waals surface area (Å²) in [5.41, 5.74) is 0. The average molecular weight is 901 g/mol. The number of carbonyl (C=O) groups excluding carboxylic acids is 3. The fraction of sp³-hybridized carbons (Fsp3) is 0.644. The highest BCUT2D eigenvalue weighted by Crippen LogP contribution is 2.13. The third-order valence-electron chi connectivity index (χ3n) is 10.7. The van der Waals surface area contributed by atoms with Crippen LogP contribution in [-0.2, 0) is 28.6 Å². The van der Waals surface area contributed by atoms with Gasteiger partial charge in [0.15, 0.2) is 6.10 Å². The largest absolute Gasteiger partial charge is 0.462 e. The Morgan fingerprint density at radius 1 is 0.323 bits per heavy atom. The lowest BCUT2D eigenvalue weighted by Gasteiger charge is -2.18. The van der Waals surface area contributed by atoms with Crippen LogP contribution in [-0.4, -0.2) is 37.2 Å². The van der Waals surface area contributed by atoms with Crippen LogP contribution in [0.3, 0.4) is 0 Å². The Morgan fingerprint density at radius 3 is 1.00 bits per heavy atom. The molecule has 0 aliphatic heterocycles. The van der Waals surface area contributed by atoms with E-state index in [1.807, 2.05) is 0 Å². The van der Waals surface area contributed by atoms with Gasteiger partial charge in [-0.05, 0) is 122 Å². The van der Waals surface area contributed by atoms with Gasteiger partial charge in [0.1, 0.15) is 13.2 Å². The highest BCUT2D eigenvalue weighted by Gasteiger charge is 2.19. The van der Waals surface area contributed by atoms with Gasteiger partial charge in [0, 0.05) is 19.3 Å². The van der Waals surface area contributed by atoms with Crippen molar-refractivity contribution in [2.75, 3.05) is 13.2 Å². The molecule has 65 heavy (non-hydrogen) atoms. The molecule has 0 bridgehead atoms. The molecule has 0 aromatic carbocycles. The van der Waals surface area contributed by atoms with Crippen molar-refractivity contribution in [3.8, 4) is 0 Å². The second-order valence-electron chi connectivity index (χ2n) is 17.0. The number of ether oxygens (including phenoxy) is 3. The Hall–Kier alpha value is -3.93. The maximum absolute atomic E-state index is 12.8. The van der Waals surface area contributed by atoms with E-state index in [1.165, 1.54) is 57.8 Å². The van der Waals surface area contributed by atoms with E-state index in [0.717, 1.165) is 128 Å². The van der Waals surface area contributed by atoms with E-state index < -0.39 is 6.10 Å². The second kappa shape index (κ2) is 52.7. The Labute approximate surface area is 400 Å². The predicted molar refractivity (Wildman–Crippen MR) is 279 cm³/mol. The van der Waals surface area contributed by atoms with Gasteiger partial charge < -0.3 is 14.2 Å². The summed E-state index contributed by atoms with van der Waals surface area (Å²) >= 11 is 0. The number of hydrogen-bond donors (Lipinski definition) is 0. The summed E-state index contributed by atoms with van der Waals surface area (Å²) in [7, 11) is 0. The molecule has 0 rings (SSSR count). The molecule has 0 fully saturated rings. The zero-order chi connectivity index (χ0) is 47.2. The summed E-state index contributed by atoms with van der Waals surface area (Å²) in [6.07, 6.45) is 70.8. The quantitative estimate of drug-likeness (QED) is 0.0262. The molecule has 1 unspecified atom stereocenters. The summed E-state index contributed by atoms with van der Waals surface area (Å²) < 4.78 is 16.7. The first kappa shape index (κ1) is 61.1. The minimum absolute atomic E-state index is 0.113. The molecule has 0 radical (unpaired) electrons. The van der Waals surface area contributed by atoms with E-state index >= 15 is 0 Å². The van der Waals surface area contributed by atoms with Gasteiger partial charge in [0.05, 0.1) is 0 Å². The van der Waals surface area contributed by atoms with Crippen LogP contribution in [0.15, 0.2) is 109 Å². The predicted octanol–water partition coefficient (Wildman–Crippen LogP) is 17.5. The van der Waals surface area contributed by atoms with Crippen LogP contribution in [0.4, 0.5) is 0 Å². The molecule has 0 aliphatic carbocycles. The monoisotopic (exact) mass is 901 g/mol. The van der Waals surface area contributed by atoms with Gasteiger partial charge in [-0.1, -0.05) is 194 Å². The fourth-order valence-electron chi connectivity index (χ4n) is 6.83. The average Bonchev–Trinajstić information content (AvgIpc) is 3.30. The Morgan fingerprint density at radius 2 is 0.600 bits per heavy atom. The summed E-state index contributed by atoms with van der Waals surface area (Å²) in [6, 6.07) is 0. The Bertz CT molecular complexity index is 1360. The molecule has 0 aromatic rings. The second-order valence-corrected chi connectivity index (χ2v) is 17.0. The fourth-order valence-corrected chi connectivity index (χ4v) is 6.83. The number of allylic oxidation sites excluding steroid dienone is 18. The molecule has 0 heterocycles. The molecule has 0 saturated heterocycles. The summed E-state index contributed by atoms with van der Waals surface area (Å²) in [5.74, 6) is -0.995. The normalized spacial score (nSPS) is 13.0. The van der Waals surface area contributed by atoms with Crippen LogP contribution in [0.25, 0.3) is 0 Å². The minimum Gasteiger partial charge on any atom is -0.462 e. The molecule has 0 saturated carbocycles. The highest BCUT2D eigenvalue weighted by molar-refractivity contribution is 5.71. The van der Waals surface area contributed by atoms with Gasteiger partial charge in [0.2, 0.25) is 0 Å². The van der Waals surface area contributed by atoms with E-state index in [1.54, 1.807) is 0 Å². The van der Waals surface area contributed by atoms with Crippen molar-refractivity contribution >= 4 is 17.9 Å². The van der Waals surface area contributed by atoms with E-state index in [-0.39, 0.29) is 31.1 Å². The van der Waals surface area contributed by atoms with Crippen molar-refractivity contribution in [3.63, 3.8) is 0 Å². The summed E-state index contributed by atoms with van der Waals surface area (Å²) in [4.78, 5) is 38.0. The van der Waals surface area contributed by atoms with Crippen molar-refractivity contribution in [2.45, 2.75) is 232 Å². The van der Waals surface area contributed by atoms with Gasteiger partial charge in [0.25, 0.3) is 0 Å². The van der Waals surface area contributed by atoms with Crippen LogP contribution in [0, 0.1) is 0 Å². The van der Waals surface area contributed by atoms with Crippen molar-refractivity contribution in [2.24, 2.45) is 0 Å². The number of rotatable bonds is 46. The van der Waals surface area contributed by atoms with Crippen molar-refractivity contribution in [1.29, 1.82) is 0 Å². The minimum atomic E-state index is -0.813. The molecule has 0 N–H and O–H groups in total. The first-order valence-corrected chi connectivity index (χ1v) is 26.4. The molecule has 6 heteroatoms. The van der Waals surface area contributed by atoms with Gasteiger partial charge in [-0.3, -0.25) is 14.4 Å². The van der Waals surface area contributed by atoms with Crippen LogP contribution < -0.4 is 0 Å². The molecule has 1 atom stereocenters. The molecular weight excluding hydrogens is 805 g/mol. The molecule has 0 aliphatic rings. The Balaban J connectivity index is 4.50. The molecule has 0 spiro atoms. The lowest BCUT2D eigenvalue weighted by atomic mass is 10.1. The smallest absolute Gasteiger partial charge is 0.306 e. The molecule has 0 amide bonds. The van der Waals surface area contributed by atoms with Gasteiger partial charge in [-0.15, -0.1) is 0 Å². The summed E-state index contributed by atoms with van der Waals surface area (Å²) in [6.45, 7) is 6.32. The van der Waals surface area contributed by atoms with Gasteiger partial charge in [-0.25, -0.2) is 0 Å². The van der Waals surface area contributed by atoms with Crippen molar-refractivity contribution in [3.05, 3.63) is 109 Å². The van der Waals surface area contributed by atoms with Gasteiger partial charge in [-0.2, -0.15) is 0 Å². The number of esters is 3. The summed E-state index contributed by atoms with van der Waals surface area (Å²) in [5, 5.41) is 0. The molecule has 0 aromatic heterocycles. The number of hydrogen-bond acceptors (Lipinski definition) is 6. The van der Waals surface area contributed by atoms with Crippen molar-refractivity contribution < 1.29 is 28.6 Å². The first-order chi connectivity index (χ1) is 32.0. The number of carbonyl (C=O) groups is 3. The Kier molecular flexibility index (Phi) is 49.5. The lowest BCUT2D eigenvalue weighted by molar-refractivity contribution is -0.167. The highest BCUT2D eigenvalue weighted by atomic mass is 16.6. The van der Waals surface area contributed by atoms with Crippen LogP contribution in [0.1, 0.15) is 226 Å². The maximum atomic E-state index is 12.8. The molecule has 6 nitrogen and oxygen atoms in total. The van der Waals surface area contributed by atoms with Gasteiger partial charge >= 0.3 is 17.9 Å².